The molecule has 0 unspecified atom stereocenters. The van der Waals surface area contributed by atoms with E-state index in [1.807, 2.05) is 6.07 Å². The number of nitrogens with zero attached hydrogens (tertiary/aromatic N) is 3. The fraction of sp³-hybridized carbons (Fsp3) is 0.154. The van der Waals surface area contributed by atoms with E-state index in [1.165, 1.54) is 22.2 Å². The number of nitrogen functional groups attached to an aromatic ring is 1. The molecule has 6 nitrogen and oxygen atoms in total. The van der Waals surface area contributed by atoms with Gasteiger partial charge in [-0.2, -0.15) is 9.78 Å². The van der Waals surface area contributed by atoms with Crippen LogP contribution in [0, 0.1) is 0 Å². The summed E-state index contributed by atoms with van der Waals surface area (Å²) in [5.41, 5.74) is 6.95. The topological polar surface area (TPSA) is 83.0 Å². The first-order chi connectivity index (χ1) is 10.1. The number of carbonyl (C=O) groups excluding carboxylic acids is 1. The first-order valence-corrected chi connectivity index (χ1v) is 7.36. The van der Waals surface area contributed by atoms with Crippen LogP contribution in [-0.4, -0.2) is 27.3 Å². The number of aromatic nitrogens is 3. The lowest BCUT2D eigenvalue weighted by Gasteiger charge is -2.01. The molecule has 3 aromatic rings. The van der Waals surface area contributed by atoms with Gasteiger partial charge in [-0.15, -0.1) is 0 Å². The second kappa shape index (κ2) is 5.34. The molecule has 2 heterocycles. The van der Waals surface area contributed by atoms with Gasteiger partial charge in [-0.3, -0.25) is 0 Å². The first-order valence-electron chi connectivity index (χ1n) is 6.17. The number of esters is 1. The molecular weight excluding hydrogens is 312 g/mol. The molecular formula is C13H11ClN4O2S. The number of halogens is 1. The summed E-state index contributed by atoms with van der Waals surface area (Å²) in [5.74, 6) is -0.288. The lowest BCUT2D eigenvalue weighted by molar-refractivity contribution is 0.0527. The number of ether oxygens (including phenoxy) is 1. The molecule has 3 rings (SSSR count). The number of hydrogen-bond acceptors (Lipinski definition) is 6. The monoisotopic (exact) mass is 322 g/mol. The van der Waals surface area contributed by atoms with Crippen molar-refractivity contribution < 1.29 is 9.53 Å². The van der Waals surface area contributed by atoms with Crippen molar-refractivity contribution in [1.29, 1.82) is 0 Å². The Hall–Kier alpha value is -2.12. The summed E-state index contributed by atoms with van der Waals surface area (Å²) in [7, 11) is 0. The van der Waals surface area contributed by atoms with Gasteiger partial charge in [-0.05, 0) is 25.1 Å². The van der Waals surface area contributed by atoms with Crippen LogP contribution >= 0.6 is 22.9 Å². The fourth-order valence-electron chi connectivity index (χ4n) is 1.86. The Bertz CT molecular complexity index is 827. The van der Waals surface area contributed by atoms with Crippen LogP contribution in [0.4, 0.5) is 5.82 Å². The van der Waals surface area contributed by atoms with E-state index in [2.05, 4.69) is 10.1 Å². The molecule has 1 aromatic carbocycles. The SMILES string of the molecule is CCOC(=O)c1cnn(-c2nc3cc(Cl)ccc3s2)c1N. The van der Waals surface area contributed by atoms with Gasteiger partial charge in [-0.25, -0.2) is 9.78 Å². The molecule has 21 heavy (non-hydrogen) atoms. The van der Waals surface area contributed by atoms with Crippen LogP contribution in [0.1, 0.15) is 17.3 Å². The molecule has 0 saturated carbocycles. The molecule has 0 fully saturated rings. The average Bonchev–Trinajstić information content (AvgIpc) is 3.01. The number of fused-ring (bicyclic) bond motifs is 1. The van der Waals surface area contributed by atoms with Gasteiger partial charge >= 0.3 is 5.97 Å². The maximum Gasteiger partial charge on any atom is 0.343 e. The zero-order chi connectivity index (χ0) is 15.0. The maximum atomic E-state index is 11.7. The van der Waals surface area contributed by atoms with E-state index in [-0.39, 0.29) is 18.0 Å². The minimum atomic E-state index is -0.495. The number of rotatable bonds is 3. The van der Waals surface area contributed by atoms with E-state index >= 15 is 0 Å². The smallest absolute Gasteiger partial charge is 0.343 e. The average molecular weight is 323 g/mol. The summed E-state index contributed by atoms with van der Waals surface area (Å²) in [6.07, 6.45) is 1.38. The molecule has 0 spiro atoms. The highest BCUT2D eigenvalue weighted by Gasteiger charge is 2.19. The molecule has 2 aromatic heterocycles. The highest BCUT2D eigenvalue weighted by atomic mass is 35.5. The third-order valence-corrected chi connectivity index (χ3v) is 4.07. The van der Waals surface area contributed by atoms with E-state index < -0.39 is 5.97 Å². The number of nitrogens with two attached hydrogens (primary N) is 1. The molecule has 0 amide bonds. The van der Waals surface area contributed by atoms with Crippen LogP contribution in [0.15, 0.2) is 24.4 Å². The van der Waals surface area contributed by atoms with Gasteiger partial charge in [0.05, 0.1) is 23.0 Å². The summed E-state index contributed by atoms with van der Waals surface area (Å²) < 4.78 is 7.31. The largest absolute Gasteiger partial charge is 0.462 e. The van der Waals surface area contributed by atoms with Gasteiger partial charge in [0.25, 0.3) is 0 Å². The van der Waals surface area contributed by atoms with Gasteiger partial charge < -0.3 is 10.5 Å². The molecule has 0 radical (unpaired) electrons. The summed E-state index contributed by atoms with van der Waals surface area (Å²) >= 11 is 7.35. The number of carbonyl (C=O) groups is 1. The van der Waals surface area contributed by atoms with E-state index in [0.717, 1.165) is 10.2 Å². The van der Waals surface area contributed by atoms with Crippen molar-refractivity contribution in [3.05, 3.63) is 35.0 Å². The Kier molecular flexibility index (Phi) is 3.52. The van der Waals surface area contributed by atoms with Gasteiger partial charge in [-0.1, -0.05) is 22.9 Å². The second-order valence-corrected chi connectivity index (χ2v) is 5.63. The lowest BCUT2D eigenvalue weighted by atomic mass is 10.3. The third kappa shape index (κ3) is 2.45. The predicted octanol–water partition coefficient (Wildman–Crippen LogP) is 2.89. The molecule has 108 valence electrons. The highest BCUT2D eigenvalue weighted by Crippen LogP contribution is 2.28. The van der Waals surface area contributed by atoms with E-state index in [4.69, 9.17) is 22.1 Å². The standard InChI is InChI=1S/C13H11ClN4O2S/c1-2-20-12(19)8-6-16-18(11(8)15)13-17-9-5-7(14)3-4-10(9)21-13/h3-6H,2,15H2,1H3. The molecule has 0 aliphatic carbocycles. The predicted molar refractivity (Wildman–Crippen MR) is 82.1 cm³/mol. The summed E-state index contributed by atoms with van der Waals surface area (Å²) in [5, 5.41) is 5.29. The van der Waals surface area contributed by atoms with Gasteiger partial charge in [0.2, 0.25) is 5.13 Å². The minimum Gasteiger partial charge on any atom is -0.462 e. The van der Waals surface area contributed by atoms with Crippen molar-refractivity contribution in [2.75, 3.05) is 12.3 Å². The van der Waals surface area contributed by atoms with Crippen molar-refractivity contribution in [3.8, 4) is 5.13 Å². The summed E-state index contributed by atoms with van der Waals surface area (Å²) in [4.78, 5) is 16.2. The molecule has 8 heteroatoms. The molecule has 0 bridgehead atoms. The second-order valence-electron chi connectivity index (χ2n) is 4.18. The zero-order valence-corrected chi connectivity index (χ0v) is 12.6. The van der Waals surface area contributed by atoms with Crippen molar-refractivity contribution in [1.82, 2.24) is 14.8 Å². The van der Waals surface area contributed by atoms with Crippen molar-refractivity contribution >= 4 is 44.9 Å². The molecule has 0 saturated heterocycles. The van der Waals surface area contributed by atoms with Crippen molar-refractivity contribution in [2.24, 2.45) is 0 Å². The Morgan fingerprint density at radius 1 is 1.52 bits per heavy atom. The van der Waals surface area contributed by atoms with Crippen LogP contribution < -0.4 is 5.73 Å². The zero-order valence-electron chi connectivity index (χ0n) is 11.0. The Morgan fingerprint density at radius 3 is 3.10 bits per heavy atom. The minimum absolute atomic E-state index is 0.207. The molecule has 0 aliphatic rings. The van der Waals surface area contributed by atoms with Crippen LogP contribution in [0.3, 0.4) is 0 Å². The maximum absolute atomic E-state index is 11.7. The Labute approximate surface area is 129 Å². The fourth-order valence-corrected chi connectivity index (χ4v) is 2.94. The van der Waals surface area contributed by atoms with Gasteiger partial charge in [0, 0.05) is 5.02 Å². The van der Waals surface area contributed by atoms with Gasteiger partial charge in [0.1, 0.15) is 11.4 Å². The number of thiazole rings is 1. The van der Waals surface area contributed by atoms with Crippen molar-refractivity contribution in [3.63, 3.8) is 0 Å². The van der Waals surface area contributed by atoms with Crippen LogP contribution in [-0.2, 0) is 4.74 Å². The number of benzene rings is 1. The Balaban J connectivity index is 2.04. The van der Waals surface area contributed by atoms with E-state index in [1.54, 1.807) is 19.1 Å². The van der Waals surface area contributed by atoms with Crippen LogP contribution in [0.2, 0.25) is 5.02 Å². The first kappa shape index (κ1) is 13.8. The molecule has 2 N–H and O–H groups in total. The highest BCUT2D eigenvalue weighted by molar-refractivity contribution is 7.20. The summed E-state index contributed by atoms with van der Waals surface area (Å²) in [6.45, 7) is 2.01. The number of anilines is 1. The lowest BCUT2D eigenvalue weighted by Crippen LogP contribution is -2.08. The summed E-state index contributed by atoms with van der Waals surface area (Å²) in [6, 6.07) is 5.44. The van der Waals surface area contributed by atoms with Crippen LogP contribution in [0.5, 0.6) is 0 Å². The van der Waals surface area contributed by atoms with Gasteiger partial charge in [0.15, 0.2) is 0 Å². The third-order valence-electron chi connectivity index (χ3n) is 2.82. The van der Waals surface area contributed by atoms with Crippen molar-refractivity contribution in [2.45, 2.75) is 6.92 Å². The molecule has 0 atom stereocenters. The van der Waals surface area contributed by atoms with E-state index in [9.17, 15) is 4.79 Å². The van der Waals surface area contributed by atoms with Crippen LogP contribution in [0.25, 0.3) is 15.3 Å². The van der Waals surface area contributed by atoms with E-state index in [0.29, 0.717) is 10.2 Å². The number of hydrogen-bond donors (Lipinski definition) is 1. The normalized spacial score (nSPS) is 11.0. The molecule has 0 aliphatic heterocycles. The quantitative estimate of drug-likeness (QED) is 0.750. The Morgan fingerprint density at radius 2 is 2.33 bits per heavy atom.